The summed E-state index contributed by atoms with van der Waals surface area (Å²) in [5.41, 5.74) is 0.297. The Hall–Kier alpha value is -2.86. The summed E-state index contributed by atoms with van der Waals surface area (Å²) >= 11 is 6.09. The van der Waals surface area contributed by atoms with Crippen LogP contribution in [0.15, 0.2) is 45.6 Å². The number of aliphatic carboxylic acids is 1. The second-order valence-electron chi connectivity index (χ2n) is 5.70. The van der Waals surface area contributed by atoms with E-state index in [0.717, 1.165) is 6.07 Å². The van der Waals surface area contributed by atoms with Gasteiger partial charge in [0.15, 0.2) is 11.0 Å². The number of fused-ring (bicyclic) bond motifs is 1. The lowest BCUT2D eigenvalue weighted by Gasteiger charge is -2.13. The van der Waals surface area contributed by atoms with Crippen LogP contribution in [-0.2, 0) is 4.79 Å². The van der Waals surface area contributed by atoms with Crippen LogP contribution in [0, 0.1) is 12.7 Å². The van der Waals surface area contributed by atoms with Crippen LogP contribution in [0.2, 0.25) is 5.02 Å². The Morgan fingerprint density at radius 2 is 2.08 bits per heavy atom. The van der Waals surface area contributed by atoms with Gasteiger partial charge >= 0.3 is 5.97 Å². The molecule has 0 saturated heterocycles. The van der Waals surface area contributed by atoms with Crippen LogP contribution in [0.3, 0.4) is 0 Å². The van der Waals surface area contributed by atoms with Crippen LogP contribution in [0.4, 0.5) is 4.39 Å². The smallest absolute Gasteiger partial charge is 0.306 e. The van der Waals surface area contributed by atoms with Gasteiger partial charge in [-0.15, -0.1) is 0 Å². The molecule has 2 aromatic carbocycles. The zero-order chi connectivity index (χ0) is 18.8. The number of hydrogen-bond donors (Lipinski definition) is 1. The van der Waals surface area contributed by atoms with E-state index in [2.05, 4.69) is 0 Å². The van der Waals surface area contributed by atoms with Gasteiger partial charge in [-0.2, -0.15) is 0 Å². The van der Waals surface area contributed by atoms with Gasteiger partial charge in [0, 0.05) is 6.07 Å². The molecule has 26 heavy (non-hydrogen) atoms. The lowest BCUT2D eigenvalue weighted by molar-refractivity contribution is -0.137. The van der Waals surface area contributed by atoms with Gasteiger partial charge in [-0.25, -0.2) is 4.39 Å². The average molecular weight is 377 g/mol. The van der Waals surface area contributed by atoms with E-state index in [9.17, 15) is 14.0 Å². The maximum absolute atomic E-state index is 14.6. The highest BCUT2D eigenvalue weighted by Crippen LogP contribution is 2.35. The zero-order valence-corrected chi connectivity index (χ0v) is 14.5. The van der Waals surface area contributed by atoms with Crippen LogP contribution < -0.4 is 10.2 Å². The highest BCUT2D eigenvalue weighted by atomic mass is 35.5. The molecule has 134 valence electrons. The van der Waals surface area contributed by atoms with E-state index in [1.807, 2.05) is 0 Å². The third-order valence-corrected chi connectivity index (χ3v) is 4.02. The van der Waals surface area contributed by atoms with Gasteiger partial charge in [-0.05, 0) is 36.8 Å². The first-order valence-corrected chi connectivity index (χ1v) is 8.12. The Morgan fingerprint density at radius 3 is 2.81 bits per heavy atom. The molecule has 0 bridgehead atoms. The second-order valence-corrected chi connectivity index (χ2v) is 6.11. The minimum Gasteiger partial charge on any atom is -0.492 e. The number of rotatable bonds is 5. The van der Waals surface area contributed by atoms with Crippen LogP contribution in [0.5, 0.6) is 5.75 Å². The van der Waals surface area contributed by atoms with Crippen LogP contribution >= 0.6 is 11.6 Å². The largest absolute Gasteiger partial charge is 0.492 e. The third kappa shape index (κ3) is 3.55. The van der Waals surface area contributed by atoms with E-state index in [0.29, 0.717) is 5.56 Å². The fourth-order valence-electron chi connectivity index (χ4n) is 2.58. The fourth-order valence-corrected chi connectivity index (χ4v) is 2.79. The molecule has 3 rings (SSSR count). The molecule has 1 heterocycles. The van der Waals surface area contributed by atoms with Crippen molar-refractivity contribution in [3.05, 3.63) is 63.0 Å². The first kappa shape index (κ1) is 17.9. The van der Waals surface area contributed by atoms with Gasteiger partial charge in [-0.3, -0.25) is 9.59 Å². The number of para-hydroxylation sites is 1. The van der Waals surface area contributed by atoms with Gasteiger partial charge in [-0.1, -0.05) is 17.7 Å². The van der Waals surface area contributed by atoms with Crippen molar-refractivity contribution >= 4 is 28.5 Å². The number of hydrogen-bond acceptors (Lipinski definition) is 4. The topological polar surface area (TPSA) is 76.7 Å². The summed E-state index contributed by atoms with van der Waals surface area (Å²) in [4.78, 5) is 23.0. The molecule has 3 aromatic rings. The summed E-state index contributed by atoms with van der Waals surface area (Å²) in [6, 6.07) is 8.73. The number of benzene rings is 2. The van der Waals surface area contributed by atoms with Gasteiger partial charge in [0.05, 0.1) is 29.0 Å². The quantitative estimate of drug-likeness (QED) is 0.713. The number of halogens is 2. The van der Waals surface area contributed by atoms with Crippen molar-refractivity contribution < 1.29 is 23.4 Å². The lowest BCUT2D eigenvalue weighted by atomic mass is 10.1. The van der Waals surface area contributed by atoms with E-state index in [1.54, 1.807) is 31.2 Å². The summed E-state index contributed by atoms with van der Waals surface area (Å²) < 4.78 is 25.7. The minimum absolute atomic E-state index is 0.0431. The van der Waals surface area contributed by atoms with Crippen LogP contribution in [-0.4, -0.2) is 17.7 Å². The highest BCUT2D eigenvalue weighted by Gasteiger charge is 2.19. The van der Waals surface area contributed by atoms with Crippen molar-refractivity contribution in [3.8, 4) is 17.1 Å². The van der Waals surface area contributed by atoms with E-state index in [-0.39, 0.29) is 51.5 Å². The Labute approximate surface area is 152 Å². The summed E-state index contributed by atoms with van der Waals surface area (Å²) in [6.07, 6.45) is -0.248. The third-order valence-electron chi connectivity index (χ3n) is 3.72. The molecular formula is C19H14ClFO5. The number of ether oxygens (including phenoxy) is 1. The molecule has 0 aliphatic heterocycles. The molecule has 0 spiro atoms. The summed E-state index contributed by atoms with van der Waals surface area (Å²) in [6.45, 7) is 1.52. The summed E-state index contributed by atoms with van der Waals surface area (Å²) in [7, 11) is 0. The molecule has 0 amide bonds. The molecule has 0 atom stereocenters. The van der Waals surface area contributed by atoms with Gasteiger partial charge in [0.1, 0.15) is 17.3 Å². The zero-order valence-electron chi connectivity index (χ0n) is 13.7. The molecule has 0 saturated carbocycles. The van der Waals surface area contributed by atoms with Crippen molar-refractivity contribution in [1.82, 2.24) is 0 Å². The van der Waals surface area contributed by atoms with E-state index in [4.69, 9.17) is 25.9 Å². The molecule has 0 aliphatic rings. The van der Waals surface area contributed by atoms with Gasteiger partial charge in [0.25, 0.3) is 0 Å². The Kier molecular flexibility index (Phi) is 4.95. The van der Waals surface area contributed by atoms with E-state index in [1.165, 1.54) is 6.07 Å². The first-order chi connectivity index (χ1) is 12.4. The van der Waals surface area contributed by atoms with Crippen LogP contribution in [0.25, 0.3) is 22.3 Å². The van der Waals surface area contributed by atoms with E-state index >= 15 is 0 Å². The van der Waals surface area contributed by atoms with Crippen molar-refractivity contribution in [2.45, 2.75) is 13.3 Å². The predicted octanol–water partition coefficient (Wildman–Crippen LogP) is 4.41. The molecule has 0 unspecified atom stereocenters. The number of aryl methyl sites for hydroxylation is 1. The summed E-state index contributed by atoms with van der Waals surface area (Å²) in [5, 5.41) is 9.25. The molecule has 5 nitrogen and oxygen atoms in total. The van der Waals surface area contributed by atoms with Crippen molar-refractivity contribution in [2.75, 3.05) is 6.61 Å². The standard InChI is InChI=1S/C19H14ClFO5/c1-10-7-13(21)18(15(8-10)25-6-5-17(23)24)16-9-14(22)11-3-2-4-12(20)19(11)26-16/h2-4,7-9H,5-6H2,1H3,(H,23,24). The van der Waals surface area contributed by atoms with Crippen molar-refractivity contribution in [2.24, 2.45) is 0 Å². The normalized spacial score (nSPS) is 10.9. The van der Waals surface area contributed by atoms with Crippen LogP contribution in [0.1, 0.15) is 12.0 Å². The average Bonchev–Trinajstić information content (AvgIpc) is 2.55. The molecule has 1 N–H and O–H groups in total. The maximum atomic E-state index is 14.6. The van der Waals surface area contributed by atoms with Crippen molar-refractivity contribution in [3.63, 3.8) is 0 Å². The minimum atomic E-state index is -1.04. The number of carboxylic acid groups (broad SMARTS) is 1. The van der Waals surface area contributed by atoms with Gasteiger partial charge < -0.3 is 14.3 Å². The maximum Gasteiger partial charge on any atom is 0.306 e. The Balaban J connectivity index is 2.17. The first-order valence-electron chi connectivity index (χ1n) is 7.74. The Morgan fingerprint density at radius 1 is 1.31 bits per heavy atom. The monoisotopic (exact) mass is 376 g/mol. The number of carbonyl (C=O) groups is 1. The highest BCUT2D eigenvalue weighted by molar-refractivity contribution is 6.34. The van der Waals surface area contributed by atoms with Gasteiger partial charge in [0.2, 0.25) is 0 Å². The molecule has 0 radical (unpaired) electrons. The molecule has 0 aliphatic carbocycles. The molecule has 7 heteroatoms. The van der Waals surface area contributed by atoms with E-state index < -0.39 is 11.8 Å². The fraction of sp³-hybridized carbons (Fsp3) is 0.158. The molecule has 0 fully saturated rings. The second kappa shape index (κ2) is 7.17. The lowest BCUT2D eigenvalue weighted by Crippen LogP contribution is -2.07. The Bertz CT molecular complexity index is 1060. The van der Waals surface area contributed by atoms with Crippen molar-refractivity contribution in [1.29, 1.82) is 0 Å². The number of carboxylic acids is 1. The SMILES string of the molecule is Cc1cc(F)c(-c2cc(=O)c3cccc(Cl)c3o2)c(OCCC(=O)O)c1. The predicted molar refractivity (Wildman–Crippen MR) is 95.4 cm³/mol. The molecule has 1 aromatic heterocycles. The summed E-state index contributed by atoms with van der Waals surface area (Å²) in [5.74, 6) is -1.63. The molecular weight excluding hydrogens is 363 g/mol.